The van der Waals surface area contributed by atoms with Crippen molar-refractivity contribution in [3.63, 3.8) is 0 Å². The average molecular weight is 437 g/mol. The van der Waals surface area contributed by atoms with Gasteiger partial charge in [0.05, 0.1) is 24.7 Å². The molecule has 2 bridgehead atoms. The van der Waals surface area contributed by atoms with Gasteiger partial charge in [-0.05, 0) is 50.9 Å². The Labute approximate surface area is 186 Å². The number of allylic oxidation sites excluding steroid dienone is 2. The molecule has 31 heavy (non-hydrogen) atoms. The Hall–Kier alpha value is -1.89. The fourth-order valence-corrected chi connectivity index (χ4v) is 4.70. The lowest BCUT2D eigenvalue weighted by Crippen LogP contribution is -2.44. The Morgan fingerprint density at radius 2 is 1.71 bits per heavy atom. The van der Waals surface area contributed by atoms with Gasteiger partial charge in [-0.3, -0.25) is 14.4 Å². The number of nitrogens with one attached hydrogen (secondary N) is 2. The Balaban J connectivity index is 1.67. The van der Waals surface area contributed by atoms with Gasteiger partial charge >= 0.3 is 5.97 Å². The van der Waals surface area contributed by atoms with Crippen LogP contribution in [0.5, 0.6) is 0 Å². The van der Waals surface area contributed by atoms with E-state index in [9.17, 15) is 14.4 Å². The zero-order chi connectivity index (χ0) is 22.5. The van der Waals surface area contributed by atoms with Crippen LogP contribution in [0.4, 0.5) is 0 Å². The highest BCUT2D eigenvalue weighted by Crippen LogP contribution is 2.45. The molecule has 0 aliphatic carbocycles. The number of rotatable bonds is 16. The molecule has 0 aromatic rings. The van der Waals surface area contributed by atoms with Crippen LogP contribution in [0.15, 0.2) is 12.2 Å². The normalized spacial score (nSPS) is 24.5. The lowest BCUT2D eigenvalue weighted by atomic mass is 9.76. The highest BCUT2D eigenvalue weighted by molar-refractivity contribution is 5.86. The fraction of sp³-hybridized carbons (Fsp3) is 0.792. The third-order valence-electron chi connectivity index (χ3n) is 6.35. The SMILES string of the molecule is CCCCCCCNC(=O)CNC(=O)[C@@H]1[C@H](CCC=CCCCC(=O)O)[C@@H]2CC[C@H]1O2. The zero-order valence-corrected chi connectivity index (χ0v) is 18.9. The first-order chi connectivity index (χ1) is 15.0. The lowest BCUT2D eigenvalue weighted by Gasteiger charge is -2.26. The summed E-state index contributed by atoms with van der Waals surface area (Å²) >= 11 is 0. The van der Waals surface area contributed by atoms with E-state index >= 15 is 0 Å². The van der Waals surface area contributed by atoms with Gasteiger partial charge in [0.15, 0.2) is 0 Å². The van der Waals surface area contributed by atoms with Gasteiger partial charge in [-0.1, -0.05) is 44.8 Å². The summed E-state index contributed by atoms with van der Waals surface area (Å²) in [6, 6.07) is 0. The van der Waals surface area contributed by atoms with Gasteiger partial charge in [-0.25, -0.2) is 0 Å². The van der Waals surface area contributed by atoms with Gasteiger partial charge in [-0.15, -0.1) is 0 Å². The predicted molar refractivity (Wildman–Crippen MR) is 120 cm³/mol. The molecule has 2 heterocycles. The van der Waals surface area contributed by atoms with E-state index < -0.39 is 5.97 Å². The molecule has 2 aliphatic rings. The monoisotopic (exact) mass is 436 g/mol. The second-order valence-corrected chi connectivity index (χ2v) is 8.80. The van der Waals surface area contributed by atoms with E-state index in [2.05, 4.69) is 23.6 Å². The molecule has 2 amide bonds. The van der Waals surface area contributed by atoms with Crippen LogP contribution in [0.2, 0.25) is 0 Å². The third kappa shape index (κ3) is 9.01. The average Bonchev–Trinajstić information content (AvgIpc) is 3.35. The van der Waals surface area contributed by atoms with E-state index in [4.69, 9.17) is 9.84 Å². The number of ether oxygens (including phenoxy) is 1. The molecular weight excluding hydrogens is 396 g/mol. The number of hydrogen-bond acceptors (Lipinski definition) is 4. The fourth-order valence-electron chi connectivity index (χ4n) is 4.70. The van der Waals surface area contributed by atoms with E-state index in [1.807, 2.05) is 6.08 Å². The topological polar surface area (TPSA) is 105 Å². The summed E-state index contributed by atoms with van der Waals surface area (Å²) in [5, 5.41) is 14.4. The van der Waals surface area contributed by atoms with Gasteiger partial charge in [0, 0.05) is 13.0 Å². The number of aliphatic carboxylic acids is 1. The van der Waals surface area contributed by atoms with Crippen molar-refractivity contribution >= 4 is 17.8 Å². The van der Waals surface area contributed by atoms with Crippen LogP contribution in [0, 0.1) is 11.8 Å². The molecule has 0 radical (unpaired) electrons. The van der Waals surface area contributed by atoms with E-state index in [1.54, 1.807) is 0 Å². The molecule has 4 atom stereocenters. The van der Waals surface area contributed by atoms with Crippen molar-refractivity contribution in [2.75, 3.05) is 13.1 Å². The van der Waals surface area contributed by atoms with Crippen LogP contribution in [-0.4, -0.2) is 48.2 Å². The number of carbonyl (C=O) groups is 3. The summed E-state index contributed by atoms with van der Waals surface area (Å²) < 4.78 is 6.01. The molecular formula is C24H40N2O5. The molecule has 2 rings (SSSR count). The number of unbranched alkanes of at least 4 members (excludes halogenated alkanes) is 5. The summed E-state index contributed by atoms with van der Waals surface area (Å²) in [6.45, 7) is 2.87. The standard InChI is InChI=1S/C24H40N2O5/c1-2-3-4-8-11-16-25-21(27)17-26-24(30)23-18(19-14-15-20(23)31-19)12-9-6-5-7-10-13-22(28)29/h5-6,18-20,23H,2-4,7-17H2,1H3,(H,25,27)(H,26,30)(H,28,29)/t18-,19+,20-,23-/m1/s1. The predicted octanol–water partition coefficient (Wildman–Crippen LogP) is 3.57. The number of hydrogen-bond donors (Lipinski definition) is 3. The van der Waals surface area contributed by atoms with Crippen LogP contribution in [0.3, 0.4) is 0 Å². The molecule has 0 aromatic carbocycles. The van der Waals surface area contributed by atoms with Crippen LogP contribution in [0.25, 0.3) is 0 Å². The maximum Gasteiger partial charge on any atom is 0.303 e. The van der Waals surface area contributed by atoms with Crippen molar-refractivity contribution in [2.24, 2.45) is 11.8 Å². The number of carbonyl (C=O) groups excluding carboxylic acids is 2. The molecule has 2 saturated heterocycles. The van der Waals surface area contributed by atoms with Crippen molar-refractivity contribution in [3.8, 4) is 0 Å². The molecule has 7 nitrogen and oxygen atoms in total. The Bertz CT molecular complexity index is 607. The molecule has 0 saturated carbocycles. The molecule has 2 aliphatic heterocycles. The second-order valence-electron chi connectivity index (χ2n) is 8.80. The summed E-state index contributed by atoms with van der Waals surface area (Å²) in [5.74, 6) is -0.957. The van der Waals surface area contributed by atoms with E-state index in [-0.39, 0.29) is 48.8 Å². The van der Waals surface area contributed by atoms with Gasteiger partial charge < -0.3 is 20.5 Å². The lowest BCUT2D eigenvalue weighted by molar-refractivity contribution is -0.137. The van der Waals surface area contributed by atoms with Crippen molar-refractivity contribution < 1.29 is 24.2 Å². The van der Waals surface area contributed by atoms with Gasteiger partial charge in [-0.2, -0.15) is 0 Å². The van der Waals surface area contributed by atoms with Crippen LogP contribution in [0.1, 0.15) is 84.0 Å². The van der Waals surface area contributed by atoms with Gasteiger partial charge in [0.25, 0.3) is 0 Å². The summed E-state index contributed by atoms with van der Waals surface area (Å²) in [6.07, 6.45) is 15.2. The molecule has 7 heteroatoms. The molecule has 176 valence electrons. The Kier molecular flexibility index (Phi) is 11.6. The molecule has 0 aromatic heterocycles. The Morgan fingerprint density at radius 3 is 2.48 bits per heavy atom. The van der Waals surface area contributed by atoms with E-state index in [0.717, 1.165) is 44.9 Å². The number of amides is 2. The summed E-state index contributed by atoms with van der Waals surface area (Å²) in [4.78, 5) is 35.4. The summed E-state index contributed by atoms with van der Waals surface area (Å²) in [7, 11) is 0. The van der Waals surface area contributed by atoms with Crippen molar-refractivity contribution in [1.82, 2.24) is 10.6 Å². The minimum Gasteiger partial charge on any atom is -0.481 e. The molecule has 0 unspecified atom stereocenters. The zero-order valence-electron chi connectivity index (χ0n) is 18.9. The maximum atomic E-state index is 12.8. The number of carboxylic acid groups (broad SMARTS) is 1. The van der Waals surface area contributed by atoms with Gasteiger partial charge in [0.1, 0.15) is 0 Å². The minimum absolute atomic E-state index is 0.0257. The first kappa shape index (κ1) is 25.4. The quantitative estimate of drug-likeness (QED) is 0.253. The molecule has 0 spiro atoms. The van der Waals surface area contributed by atoms with Crippen LogP contribution in [-0.2, 0) is 19.1 Å². The number of fused-ring (bicyclic) bond motifs is 2. The highest BCUT2D eigenvalue weighted by Gasteiger charge is 2.51. The second kappa shape index (κ2) is 14.2. The highest BCUT2D eigenvalue weighted by atomic mass is 16.5. The minimum atomic E-state index is -0.762. The van der Waals surface area contributed by atoms with Crippen molar-refractivity contribution in [2.45, 2.75) is 96.2 Å². The maximum absolute atomic E-state index is 12.8. The number of carboxylic acids is 1. The first-order valence-electron chi connectivity index (χ1n) is 12.1. The first-order valence-corrected chi connectivity index (χ1v) is 12.1. The van der Waals surface area contributed by atoms with E-state index in [1.165, 1.54) is 19.3 Å². The van der Waals surface area contributed by atoms with E-state index in [0.29, 0.717) is 13.0 Å². The van der Waals surface area contributed by atoms with Crippen LogP contribution >= 0.6 is 0 Å². The van der Waals surface area contributed by atoms with Gasteiger partial charge in [0.2, 0.25) is 11.8 Å². The Morgan fingerprint density at radius 1 is 0.968 bits per heavy atom. The summed E-state index contributed by atoms with van der Waals surface area (Å²) in [5.41, 5.74) is 0. The smallest absolute Gasteiger partial charge is 0.303 e. The molecule has 3 N–H and O–H groups in total. The molecule has 2 fully saturated rings. The third-order valence-corrected chi connectivity index (χ3v) is 6.35. The van der Waals surface area contributed by atoms with Crippen molar-refractivity contribution in [1.29, 1.82) is 0 Å². The van der Waals surface area contributed by atoms with Crippen molar-refractivity contribution in [3.05, 3.63) is 12.2 Å². The van der Waals surface area contributed by atoms with Crippen LogP contribution < -0.4 is 10.6 Å². The largest absolute Gasteiger partial charge is 0.481 e.